The summed E-state index contributed by atoms with van der Waals surface area (Å²) >= 11 is 0. The van der Waals surface area contributed by atoms with Gasteiger partial charge in [-0.05, 0) is 27.8 Å². The third kappa shape index (κ3) is 5.93. The summed E-state index contributed by atoms with van der Waals surface area (Å²) < 4.78 is 24.1. The smallest absolute Gasteiger partial charge is 0.253 e. The molecule has 2 nitrogen and oxygen atoms in total. The van der Waals surface area contributed by atoms with Gasteiger partial charge in [0.2, 0.25) is 0 Å². The molecule has 0 aliphatic heterocycles. The predicted molar refractivity (Wildman–Crippen MR) is 51.2 cm³/mol. The minimum absolute atomic E-state index is 0.462. The minimum atomic E-state index is -2.27. The van der Waals surface area contributed by atoms with Crippen LogP contribution in [0, 0.1) is 0 Å². The summed E-state index contributed by atoms with van der Waals surface area (Å²) in [5.74, 6) is 0. The molecule has 0 bridgehead atoms. The third-order valence-electron chi connectivity index (χ3n) is 2.19. The zero-order chi connectivity index (χ0) is 10.4. The van der Waals surface area contributed by atoms with Crippen LogP contribution >= 0.6 is 0 Å². The number of rotatable bonds is 6. The largest absolute Gasteiger partial charge is 0.308 e. The fraction of sp³-hybridized carbons (Fsp3) is 1.00. The van der Waals surface area contributed by atoms with Crippen molar-refractivity contribution in [2.24, 2.45) is 0 Å². The Morgan fingerprint density at radius 1 is 1.23 bits per heavy atom. The molecule has 0 aromatic carbocycles. The molecule has 1 unspecified atom stereocenters. The lowest BCUT2D eigenvalue weighted by atomic mass is 10.3. The topological polar surface area (TPSA) is 15.3 Å². The van der Waals surface area contributed by atoms with Crippen molar-refractivity contribution in [1.29, 1.82) is 0 Å². The lowest BCUT2D eigenvalue weighted by molar-refractivity contribution is 0.104. The number of alkyl halides is 2. The van der Waals surface area contributed by atoms with Crippen LogP contribution in [0.25, 0.3) is 0 Å². The summed E-state index contributed by atoms with van der Waals surface area (Å²) in [5, 5.41) is 2.78. The first-order chi connectivity index (χ1) is 5.95. The lowest BCUT2D eigenvalue weighted by Crippen LogP contribution is -2.39. The van der Waals surface area contributed by atoms with Gasteiger partial charge in [0.25, 0.3) is 6.43 Å². The molecule has 80 valence electrons. The average molecular weight is 194 g/mol. The lowest BCUT2D eigenvalue weighted by Gasteiger charge is -2.22. The fourth-order valence-corrected chi connectivity index (χ4v) is 0.816. The molecule has 0 heterocycles. The second-order valence-electron chi connectivity index (χ2n) is 3.65. The van der Waals surface area contributed by atoms with Gasteiger partial charge in [0, 0.05) is 19.1 Å². The van der Waals surface area contributed by atoms with Crippen molar-refractivity contribution in [2.75, 3.05) is 20.1 Å². The van der Waals surface area contributed by atoms with Crippen molar-refractivity contribution in [2.45, 2.75) is 39.3 Å². The maximum Gasteiger partial charge on any atom is 0.253 e. The number of hydrogen-bond acceptors (Lipinski definition) is 2. The minimum Gasteiger partial charge on any atom is -0.308 e. The van der Waals surface area contributed by atoms with Gasteiger partial charge in [0.15, 0.2) is 0 Å². The first-order valence-electron chi connectivity index (χ1n) is 4.67. The third-order valence-corrected chi connectivity index (χ3v) is 2.19. The monoisotopic (exact) mass is 194 g/mol. The van der Waals surface area contributed by atoms with Gasteiger partial charge in [-0.1, -0.05) is 0 Å². The van der Waals surface area contributed by atoms with Crippen LogP contribution in [0.2, 0.25) is 0 Å². The van der Waals surface area contributed by atoms with Gasteiger partial charge in [-0.2, -0.15) is 0 Å². The van der Waals surface area contributed by atoms with Gasteiger partial charge in [-0.25, -0.2) is 8.78 Å². The Kier molecular flexibility index (Phi) is 6.16. The normalized spacial score (nSPS) is 14.5. The Hall–Kier alpha value is -0.220. The van der Waals surface area contributed by atoms with E-state index in [1.165, 1.54) is 6.92 Å². The molecule has 0 aromatic heterocycles. The van der Waals surface area contributed by atoms with Crippen LogP contribution in [-0.4, -0.2) is 43.5 Å². The second-order valence-corrected chi connectivity index (χ2v) is 3.65. The molecule has 0 spiro atoms. The van der Waals surface area contributed by atoms with Gasteiger partial charge in [-0.15, -0.1) is 0 Å². The molecular weight excluding hydrogens is 174 g/mol. The number of hydrogen-bond donors (Lipinski definition) is 1. The van der Waals surface area contributed by atoms with Crippen molar-refractivity contribution < 1.29 is 8.78 Å². The molecule has 13 heavy (non-hydrogen) atoms. The van der Waals surface area contributed by atoms with Crippen LogP contribution in [0.4, 0.5) is 8.78 Å². The van der Waals surface area contributed by atoms with Crippen LogP contribution in [0.3, 0.4) is 0 Å². The molecular formula is C9H20F2N2. The van der Waals surface area contributed by atoms with Crippen LogP contribution in [0.15, 0.2) is 0 Å². The van der Waals surface area contributed by atoms with Gasteiger partial charge in [0.1, 0.15) is 0 Å². The first kappa shape index (κ1) is 12.8. The molecule has 0 radical (unpaired) electrons. The molecule has 0 aliphatic carbocycles. The Morgan fingerprint density at radius 3 is 2.15 bits per heavy atom. The van der Waals surface area contributed by atoms with Gasteiger partial charge >= 0.3 is 0 Å². The molecule has 0 fully saturated rings. The van der Waals surface area contributed by atoms with E-state index in [2.05, 4.69) is 24.1 Å². The van der Waals surface area contributed by atoms with Crippen LogP contribution in [-0.2, 0) is 0 Å². The first-order valence-corrected chi connectivity index (χ1v) is 4.67. The number of likely N-dealkylation sites (N-methyl/N-ethyl adjacent to an activating group) is 1. The van der Waals surface area contributed by atoms with Gasteiger partial charge in [0.05, 0.1) is 6.04 Å². The zero-order valence-corrected chi connectivity index (χ0v) is 8.85. The number of nitrogens with zero attached hydrogens (tertiary/aromatic N) is 1. The van der Waals surface area contributed by atoms with E-state index in [0.717, 1.165) is 6.54 Å². The quantitative estimate of drug-likeness (QED) is 0.690. The molecule has 0 rings (SSSR count). The fourth-order valence-electron chi connectivity index (χ4n) is 0.816. The summed E-state index contributed by atoms with van der Waals surface area (Å²) in [4.78, 5) is 2.12. The molecule has 0 amide bonds. The Bertz CT molecular complexity index is 115. The Morgan fingerprint density at radius 2 is 1.77 bits per heavy atom. The maximum atomic E-state index is 12.0. The molecule has 4 heteroatoms. The van der Waals surface area contributed by atoms with E-state index in [9.17, 15) is 8.78 Å². The summed E-state index contributed by atoms with van der Waals surface area (Å²) in [5.41, 5.74) is 0. The Balaban J connectivity index is 3.45. The summed E-state index contributed by atoms with van der Waals surface area (Å²) in [6.45, 7) is 7.07. The van der Waals surface area contributed by atoms with Gasteiger partial charge < -0.3 is 10.2 Å². The van der Waals surface area contributed by atoms with Crippen molar-refractivity contribution in [1.82, 2.24) is 10.2 Å². The van der Waals surface area contributed by atoms with Crippen LogP contribution < -0.4 is 5.32 Å². The molecule has 0 aromatic rings. The molecule has 1 N–H and O–H groups in total. The van der Waals surface area contributed by atoms with E-state index in [4.69, 9.17) is 0 Å². The van der Waals surface area contributed by atoms with Crippen molar-refractivity contribution in [3.05, 3.63) is 0 Å². The van der Waals surface area contributed by atoms with Crippen molar-refractivity contribution in [3.63, 3.8) is 0 Å². The molecule has 0 aliphatic rings. The predicted octanol–water partition coefficient (Wildman–Crippen LogP) is 1.57. The number of halogens is 2. The van der Waals surface area contributed by atoms with Crippen molar-refractivity contribution in [3.8, 4) is 0 Å². The van der Waals surface area contributed by atoms with E-state index < -0.39 is 12.5 Å². The van der Waals surface area contributed by atoms with E-state index >= 15 is 0 Å². The zero-order valence-electron chi connectivity index (χ0n) is 8.85. The highest BCUT2D eigenvalue weighted by Gasteiger charge is 2.13. The molecule has 0 saturated carbocycles. The summed E-state index contributed by atoms with van der Waals surface area (Å²) in [6, 6.07) is -0.246. The molecule has 0 saturated heterocycles. The second kappa shape index (κ2) is 6.27. The van der Waals surface area contributed by atoms with E-state index in [-0.39, 0.29) is 0 Å². The van der Waals surface area contributed by atoms with E-state index in [1.54, 1.807) is 0 Å². The standard InChI is InChI=1S/C9H20F2N2/c1-7(2)13(4)6-5-12-8(3)9(10)11/h7-9,12H,5-6H2,1-4H3. The van der Waals surface area contributed by atoms with Crippen LogP contribution in [0.5, 0.6) is 0 Å². The number of nitrogens with one attached hydrogen (secondary N) is 1. The summed E-state index contributed by atoms with van der Waals surface area (Å²) in [7, 11) is 1.99. The highest BCUT2D eigenvalue weighted by Crippen LogP contribution is 1.99. The van der Waals surface area contributed by atoms with Crippen molar-refractivity contribution >= 4 is 0 Å². The SMILES string of the molecule is CC(NCCN(C)C(C)C)C(F)F. The van der Waals surface area contributed by atoms with Gasteiger partial charge in [-0.3, -0.25) is 0 Å². The highest BCUT2D eigenvalue weighted by atomic mass is 19.3. The van der Waals surface area contributed by atoms with E-state index in [0.29, 0.717) is 12.6 Å². The summed E-state index contributed by atoms with van der Waals surface area (Å²) in [6.07, 6.45) is -2.27. The maximum absolute atomic E-state index is 12.0. The van der Waals surface area contributed by atoms with E-state index in [1.807, 2.05) is 7.05 Å². The Labute approximate surface area is 79.3 Å². The molecule has 1 atom stereocenters. The van der Waals surface area contributed by atoms with Crippen LogP contribution in [0.1, 0.15) is 20.8 Å². The average Bonchev–Trinajstić information content (AvgIpc) is 2.03. The highest BCUT2D eigenvalue weighted by molar-refractivity contribution is 4.65.